The molecule has 0 spiro atoms. The molecule has 5 heteroatoms. The van der Waals surface area contributed by atoms with Crippen LogP contribution in [0.4, 0.5) is 5.69 Å². The fourth-order valence-corrected chi connectivity index (χ4v) is 2.63. The Bertz CT molecular complexity index is 547. The summed E-state index contributed by atoms with van der Waals surface area (Å²) < 4.78 is 24.7. The van der Waals surface area contributed by atoms with Crippen LogP contribution in [-0.2, 0) is 10.0 Å². The molecule has 0 unspecified atom stereocenters. The van der Waals surface area contributed by atoms with Crippen molar-refractivity contribution >= 4 is 21.3 Å². The Balaban J connectivity index is 2.15. The van der Waals surface area contributed by atoms with Crippen LogP contribution in [0.1, 0.15) is 12.0 Å². The monoisotopic (exact) mass is 266 g/mol. The summed E-state index contributed by atoms with van der Waals surface area (Å²) >= 11 is 0. The number of sulfonamides is 1. The molecule has 1 aliphatic heterocycles. The van der Waals surface area contributed by atoms with Crippen LogP contribution in [0.5, 0.6) is 0 Å². The minimum atomic E-state index is -3.20. The normalized spacial score (nSPS) is 17.3. The van der Waals surface area contributed by atoms with E-state index in [4.69, 9.17) is 0 Å². The zero-order chi connectivity index (χ0) is 13.2. The molecule has 1 aromatic rings. The molecular weight excluding hydrogens is 248 g/mol. The van der Waals surface area contributed by atoms with Crippen molar-refractivity contribution in [2.75, 3.05) is 31.1 Å². The van der Waals surface area contributed by atoms with E-state index in [2.05, 4.69) is 22.7 Å². The summed E-state index contributed by atoms with van der Waals surface area (Å²) in [5.41, 5.74) is 3.06. The molecular formula is C13H18N2O2S. The molecule has 18 heavy (non-hydrogen) atoms. The molecule has 1 heterocycles. The Hall–Kier alpha value is -1.33. The lowest BCUT2D eigenvalue weighted by molar-refractivity contribution is 0.373. The Morgan fingerprint density at radius 1 is 1.22 bits per heavy atom. The lowest BCUT2D eigenvalue weighted by Gasteiger charge is -2.23. The molecule has 0 saturated heterocycles. The minimum Gasteiger partial charge on any atom is -0.302 e. The first kappa shape index (κ1) is 13.1. The van der Waals surface area contributed by atoms with Crippen molar-refractivity contribution < 1.29 is 8.42 Å². The van der Waals surface area contributed by atoms with Crippen molar-refractivity contribution in [3.05, 3.63) is 35.9 Å². The van der Waals surface area contributed by atoms with Gasteiger partial charge in [0.2, 0.25) is 10.0 Å². The van der Waals surface area contributed by atoms with E-state index in [1.54, 1.807) is 12.1 Å². The van der Waals surface area contributed by atoms with Gasteiger partial charge in [-0.2, -0.15) is 0 Å². The summed E-state index contributed by atoms with van der Waals surface area (Å²) in [6, 6.07) is 7.51. The van der Waals surface area contributed by atoms with Gasteiger partial charge in [-0.15, -0.1) is 0 Å². The summed E-state index contributed by atoms with van der Waals surface area (Å²) in [4.78, 5) is 2.28. The topological polar surface area (TPSA) is 49.4 Å². The predicted molar refractivity (Wildman–Crippen MR) is 75.0 cm³/mol. The first-order valence-electron chi connectivity index (χ1n) is 5.90. The highest BCUT2D eigenvalue weighted by atomic mass is 32.2. The van der Waals surface area contributed by atoms with E-state index in [9.17, 15) is 8.42 Å². The van der Waals surface area contributed by atoms with Gasteiger partial charge in [0.1, 0.15) is 0 Å². The van der Waals surface area contributed by atoms with Gasteiger partial charge in [-0.1, -0.05) is 18.2 Å². The van der Waals surface area contributed by atoms with Crippen LogP contribution in [0, 0.1) is 0 Å². The van der Waals surface area contributed by atoms with Gasteiger partial charge in [-0.3, -0.25) is 4.72 Å². The van der Waals surface area contributed by atoms with Gasteiger partial charge in [0.05, 0.1) is 6.26 Å². The maximum atomic E-state index is 11.1. The number of anilines is 1. The van der Waals surface area contributed by atoms with Crippen molar-refractivity contribution in [2.45, 2.75) is 6.42 Å². The number of rotatable bonds is 3. The van der Waals surface area contributed by atoms with Crippen LogP contribution < -0.4 is 4.72 Å². The Morgan fingerprint density at radius 2 is 1.89 bits per heavy atom. The maximum Gasteiger partial charge on any atom is 0.229 e. The highest BCUT2D eigenvalue weighted by molar-refractivity contribution is 7.92. The Labute approximate surface area is 108 Å². The van der Waals surface area contributed by atoms with Crippen molar-refractivity contribution in [2.24, 2.45) is 0 Å². The van der Waals surface area contributed by atoms with Gasteiger partial charge < -0.3 is 4.90 Å². The third kappa shape index (κ3) is 3.58. The largest absolute Gasteiger partial charge is 0.302 e. The molecule has 0 aromatic heterocycles. The minimum absolute atomic E-state index is 0.603. The molecule has 98 valence electrons. The average molecular weight is 266 g/mol. The smallest absolute Gasteiger partial charge is 0.229 e. The zero-order valence-corrected chi connectivity index (χ0v) is 11.5. The number of hydrogen-bond acceptors (Lipinski definition) is 3. The van der Waals surface area contributed by atoms with Crippen LogP contribution >= 0.6 is 0 Å². The molecule has 2 rings (SSSR count). The van der Waals surface area contributed by atoms with E-state index in [0.29, 0.717) is 5.69 Å². The van der Waals surface area contributed by atoms with Crippen LogP contribution in [0.3, 0.4) is 0 Å². The highest BCUT2D eigenvalue weighted by Crippen LogP contribution is 2.21. The standard InChI is InChI=1S/C13H18N2O2S/c1-15-9-3-4-12(10-15)11-5-7-13(8-6-11)14-18(2,16)17/h4-8,14H,3,9-10H2,1-2H3. The lowest BCUT2D eigenvalue weighted by atomic mass is 10.0. The third-order valence-electron chi connectivity index (χ3n) is 2.90. The van der Waals surface area contributed by atoms with Gasteiger partial charge in [0.25, 0.3) is 0 Å². The van der Waals surface area contributed by atoms with E-state index >= 15 is 0 Å². The fraction of sp³-hybridized carbons (Fsp3) is 0.385. The van der Waals surface area contributed by atoms with E-state index in [-0.39, 0.29) is 0 Å². The molecule has 0 aliphatic carbocycles. The van der Waals surface area contributed by atoms with Gasteiger partial charge in [0.15, 0.2) is 0 Å². The van der Waals surface area contributed by atoms with Crippen LogP contribution in [0.15, 0.2) is 30.3 Å². The number of benzene rings is 1. The molecule has 1 N–H and O–H groups in total. The maximum absolute atomic E-state index is 11.1. The lowest BCUT2D eigenvalue weighted by Crippen LogP contribution is -2.24. The number of nitrogens with zero attached hydrogens (tertiary/aromatic N) is 1. The highest BCUT2D eigenvalue weighted by Gasteiger charge is 2.10. The summed E-state index contributed by atoms with van der Waals surface area (Å²) in [7, 11) is -1.09. The number of likely N-dealkylation sites (N-methyl/N-ethyl adjacent to an activating group) is 1. The molecule has 4 nitrogen and oxygen atoms in total. The molecule has 0 atom stereocenters. The van der Waals surface area contributed by atoms with Crippen molar-refractivity contribution in [3.8, 4) is 0 Å². The average Bonchev–Trinajstić information content (AvgIpc) is 2.28. The second-order valence-electron chi connectivity index (χ2n) is 4.71. The van der Waals surface area contributed by atoms with E-state index in [0.717, 1.165) is 31.3 Å². The van der Waals surface area contributed by atoms with Crippen LogP contribution in [0.2, 0.25) is 0 Å². The van der Waals surface area contributed by atoms with Crippen molar-refractivity contribution in [1.29, 1.82) is 0 Å². The van der Waals surface area contributed by atoms with Gasteiger partial charge >= 0.3 is 0 Å². The first-order valence-corrected chi connectivity index (χ1v) is 7.79. The van der Waals surface area contributed by atoms with Crippen molar-refractivity contribution in [1.82, 2.24) is 4.90 Å². The molecule has 0 fully saturated rings. The molecule has 1 aromatic carbocycles. The SMILES string of the molecule is CN1CCC=C(c2ccc(NS(C)(=O)=O)cc2)C1. The van der Waals surface area contributed by atoms with Crippen LogP contribution in [0.25, 0.3) is 5.57 Å². The van der Waals surface area contributed by atoms with Gasteiger partial charge in [-0.25, -0.2) is 8.42 Å². The zero-order valence-electron chi connectivity index (χ0n) is 10.7. The second kappa shape index (κ2) is 5.12. The molecule has 0 amide bonds. The second-order valence-corrected chi connectivity index (χ2v) is 6.46. The third-order valence-corrected chi connectivity index (χ3v) is 3.51. The van der Waals surface area contributed by atoms with Gasteiger partial charge in [0, 0.05) is 18.8 Å². The first-order chi connectivity index (χ1) is 8.44. The molecule has 0 radical (unpaired) electrons. The van der Waals surface area contributed by atoms with E-state index in [1.165, 1.54) is 5.57 Å². The summed E-state index contributed by atoms with van der Waals surface area (Å²) in [6.07, 6.45) is 4.47. The van der Waals surface area contributed by atoms with Crippen LogP contribution in [-0.4, -0.2) is 39.7 Å². The number of hydrogen-bond donors (Lipinski definition) is 1. The Morgan fingerprint density at radius 3 is 2.44 bits per heavy atom. The Kier molecular flexibility index (Phi) is 3.73. The molecule has 0 bridgehead atoms. The number of nitrogens with one attached hydrogen (secondary N) is 1. The molecule has 0 saturated carbocycles. The van der Waals surface area contributed by atoms with E-state index in [1.807, 2.05) is 12.1 Å². The summed E-state index contributed by atoms with van der Waals surface area (Å²) in [5, 5.41) is 0. The summed E-state index contributed by atoms with van der Waals surface area (Å²) in [6.45, 7) is 2.04. The fourth-order valence-electron chi connectivity index (χ4n) is 2.07. The predicted octanol–water partition coefficient (Wildman–Crippen LogP) is 1.78. The van der Waals surface area contributed by atoms with E-state index < -0.39 is 10.0 Å². The van der Waals surface area contributed by atoms with Gasteiger partial charge in [-0.05, 0) is 36.7 Å². The quantitative estimate of drug-likeness (QED) is 0.907. The van der Waals surface area contributed by atoms with Crippen molar-refractivity contribution in [3.63, 3.8) is 0 Å². The summed E-state index contributed by atoms with van der Waals surface area (Å²) in [5.74, 6) is 0. The molecule has 1 aliphatic rings.